The van der Waals surface area contributed by atoms with Crippen LogP contribution in [0.4, 0.5) is 0 Å². The van der Waals surface area contributed by atoms with Crippen molar-refractivity contribution in [2.45, 2.75) is 114 Å². The highest BCUT2D eigenvalue weighted by atomic mass is 14.3. The largest absolute Gasteiger partial charge is 0.0984 e. The highest BCUT2D eigenvalue weighted by Crippen LogP contribution is 2.46. The van der Waals surface area contributed by atoms with Crippen LogP contribution in [0, 0.1) is 0 Å². The summed E-state index contributed by atoms with van der Waals surface area (Å²) in [5.74, 6) is 2.41. The van der Waals surface area contributed by atoms with Crippen LogP contribution in [0.15, 0.2) is 18.7 Å². The summed E-state index contributed by atoms with van der Waals surface area (Å²) in [6.45, 7) is 4.33. The Hall–Kier alpha value is -1.04. The molecule has 0 saturated heterocycles. The first-order chi connectivity index (χ1) is 12.9. The second-order valence-electron chi connectivity index (χ2n) is 9.28. The molecule has 0 radical (unpaired) electrons. The summed E-state index contributed by atoms with van der Waals surface area (Å²) in [6.07, 6.45) is 23.6. The van der Waals surface area contributed by atoms with Crippen molar-refractivity contribution in [2.24, 2.45) is 0 Å². The highest BCUT2D eigenvalue weighted by molar-refractivity contribution is 5.62. The number of benzene rings is 1. The minimum atomic E-state index is 0.791. The fourth-order valence-corrected chi connectivity index (χ4v) is 6.28. The fraction of sp³-hybridized carbons (Fsp3) is 0.692. The van der Waals surface area contributed by atoms with Gasteiger partial charge in [0.1, 0.15) is 0 Å². The molecule has 1 aromatic carbocycles. The number of hydrogen-bond acceptors (Lipinski definition) is 0. The van der Waals surface area contributed by atoms with Crippen molar-refractivity contribution in [3.05, 3.63) is 41.0 Å². The molecule has 1 aromatic rings. The van der Waals surface area contributed by atoms with E-state index in [4.69, 9.17) is 0 Å². The average molecular weight is 351 g/mol. The van der Waals surface area contributed by atoms with E-state index in [2.05, 4.69) is 24.8 Å². The molecule has 142 valence electrons. The third-order valence-electron chi connectivity index (χ3n) is 7.66. The standard InChI is InChI=1S/C26H38/c1-2-23-24(20-12-6-3-7-13-20)18-19-25(21-14-8-4-9-15-21)26(23)22-16-10-5-11-17-22/h2,18-22H,1,3-17H2. The van der Waals surface area contributed by atoms with Crippen LogP contribution in [-0.4, -0.2) is 0 Å². The summed E-state index contributed by atoms with van der Waals surface area (Å²) in [7, 11) is 0. The van der Waals surface area contributed by atoms with Crippen LogP contribution in [0.1, 0.15) is 136 Å². The van der Waals surface area contributed by atoms with E-state index >= 15 is 0 Å². The van der Waals surface area contributed by atoms with Gasteiger partial charge in [-0.15, -0.1) is 0 Å². The average Bonchev–Trinajstić information content (AvgIpc) is 2.74. The molecule has 0 spiro atoms. The summed E-state index contributed by atoms with van der Waals surface area (Å²) < 4.78 is 0. The predicted molar refractivity (Wildman–Crippen MR) is 114 cm³/mol. The van der Waals surface area contributed by atoms with E-state index in [-0.39, 0.29) is 0 Å². The molecular weight excluding hydrogens is 312 g/mol. The smallest absolute Gasteiger partial charge is 0.0153 e. The van der Waals surface area contributed by atoms with Gasteiger partial charge in [-0.05, 0) is 78.5 Å². The Morgan fingerprint density at radius 1 is 0.577 bits per heavy atom. The van der Waals surface area contributed by atoms with E-state index in [1.165, 1.54) is 96.3 Å². The van der Waals surface area contributed by atoms with Crippen molar-refractivity contribution in [2.75, 3.05) is 0 Å². The van der Waals surface area contributed by atoms with Crippen molar-refractivity contribution >= 4 is 6.08 Å². The molecule has 0 N–H and O–H groups in total. The second-order valence-corrected chi connectivity index (χ2v) is 9.28. The molecule has 0 unspecified atom stereocenters. The van der Waals surface area contributed by atoms with Crippen LogP contribution in [0.3, 0.4) is 0 Å². The molecule has 0 aromatic heterocycles. The maximum Gasteiger partial charge on any atom is -0.0153 e. The quantitative estimate of drug-likeness (QED) is 0.510. The molecule has 0 atom stereocenters. The van der Waals surface area contributed by atoms with Crippen LogP contribution in [0.25, 0.3) is 6.08 Å². The van der Waals surface area contributed by atoms with Gasteiger partial charge in [0.15, 0.2) is 0 Å². The maximum atomic E-state index is 4.33. The topological polar surface area (TPSA) is 0 Å². The van der Waals surface area contributed by atoms with Gasteiger partial charge in [-0.25, -0.2) is 0 Å². The summed E-state index contributed by atoms with van der Waals surface area (Å²) in [5.41, 5.74) is 6.72. The Morgan fingerprint density at radius 3 is 1.50 bits per heavy atom. The molecule has 3 fully saturated rings. The summed E-state index contributed by atoms with van der Waals surface area (Å²) in [6, 6.07) is 5.11. The minimum absolute atomic E-state index is 0.791. The Bertz CT molecular complexity index is 593. The molecule has 0 heteroatoms. The molecule has 4 rings (SSSR count). The van der Waals surface area contributed by atoms with Crippen LogP contribution < -0.4 is 0 Å². The van der Waals surface area contributed by atoms with Crippen molar-refractivity contribution in [1.82, 2.24) is 0 Å². The first-order valence-corrected chi connectivity index (χ1v) is 11.7. The van der Waals surface area contributed by atoms with E-state index in [0.717, 1.165) is 17.8 Å². The molecule has 3 aliphatic rings. The minimum Gasteiger partial charge on any atom is -0.0984 e. The van der Waals surface area contributed by atoms with Crippen LogP contribution in [0.2, 0.25) is 0 Å². The zero-order valence-corrected chi connectivity index (χ0v) is 16.8. The zero-order chi connectivity index (χ0) is 17.8. The van der Waals surface area contributed by atoms with Gasteiger partial charge in [0.2, 0.25) is 0 Å². The summed E-state index contributed by atoms with van der Waals surface area (Å²) >= 11 is 0. The molecule has 0 aliphatic heterocycles. The van der Waals surface area contributed by atoms with E-state index in [0.29, 0.717) is 0 Å². The lowest BCUT2D eigenvalue weighted by Gasteiger charge is -2.34. The van der Waals surface area contributed by atoms with Gasteiger partial charge in [0.25, 0.3) is 0 Å². The predicted octanol–water partition coefficient (Wildman–Crippen LogP) is 8.47. The van der Waals surface area contributed by atoms with Crippen molar-refractivity contribution in [3.63, 3.8) is 0 Å². The monoisotopic (exact) mass is 350 g/mol. The fourth-order valence-electron chi connectivity index (χ4n) is 6.28. The first-order valence-electron chi connectivity index (χ1n) is 11.7. The summed E-state index contributed by atoms with van der Waals surface area (Å²) in [5, 5.41) is 0. The molecule has 0 amide bonds. The molecular formula is C26H38. The molecule has 3 aliphatic carbocycles. The molecule has 26 heavy (non-hydrogen) atoms. The first kappa shape index (κ1) is 18.3. The van der Waals surface area contributed by atoms with E-state index < -0.39 is 0 Å². The second kappa shape index (κ2) is 8.77. The van der Waals surface area contributed by atoms with Crippen LogP contribution in [0.5, 0.6) is 0 Å². The maximum absolute atomic E-state index is 4.33. The van der Waals surface area contributed by atoms with Gasteiger partial charge in [0.05, 0.1) is 0 Å². The highest BCUT2D eigenvalue weighted by Gasteiger charge is 2.28. The summed E-state index contributed by atoms with van der Waals surface area (Å²) in [4.78, 5) is 0. The Balaban J connectivity index is 1.76. The number of rotatable bonds is 4. The SMILES string of the molecule is C=Cc1c(C2CCCCC2)ccc(C2CCCCC2)c1C1CCCCC1. The van der Waals surface area contributed by atoms with E-state index in [9.17, 15) is 0 Å². The van der Waals surface area contributed by atoms with Crippen LogP contribution in [-0.2, 0) is 0 Å². The van der Waals surface area contributed by atoms with Gasteiger partial charge >= 0.3 is 0 Å². The Kier molecular flexibility index (Phi) is 6.18. The molecule has 0 nitrogen and oxygen atoms in total. The van der Waals surface area contributed by atoms with Gasteiger partial charge in [0, 0.05) is 0 Å². The Morgan fingerprint density at radius 2 is 1.00 bits per heavy atom. The number of hydrogen-bond donors (Lipinski definition) is 0. The van der Waals surface area contributed by atoms with Crippen molar-refractivity contribution in [3.8, 4) is 0 Å². The van der Waals surface area contributed by atoms with Crippen molar-refractivity contribution in [1.29, 1.82) is 0 Å². The molecule has 3 saturated carbocycles. The zero-order valence-electron chi connectivity index (χ0n) is 16.8. The van der Waals surface area contributed by atoms with Gasteiger partial charge in [-0.1, -0.05) is 82.6 Å². The van der Waals surface area contributed by atoms with Gasteiger partial charge in [-0.2, -0.15) is 0 Å². The third kappa shape index (κ3) is 3.80. The normalized spacial score (nSPS) is 23.8. The molecule has 0 heterocycles. The van der Waals surface area contributed by atoms with Crippen molar-refractivity contribution < 1.29 is 0 Å². The van der Waals surface area contributed by atoms with Crippen LogP contribution >= 0.6 is 0 Å². The van der Waals surface area contributed by atoms with Gasteiger partial charge < -0.3 is 0 Å². The Labute approximate surface area is 161 Å². The lowest BCUT2D eigenvalue weighted by atomic mass is 9.71. The lowest BCUT2D eigenvalue weighted by molar-refractivity contribution is 0.415. The van der Waals surface area contributed by atoms with Gasteiger partial charge in [-0.3, -0.25) is 0 Å². The third-order valence-corrected chi connectivity index (χ3v) is 7.66. The van der Waals surface area contributed by atoms with E-state index in [1.807, 2.05) is 0 Å². The van der Waals surface area contributed by atoms with E-state index in [1.54, 1.807) is 22.3 Å². The lowest BCUT2D eigenvalue weighted by Crippen LogP contribution is -2.16. The molecule has 0 bridgehead atoms.